The van der Waals surface area contributed by atoms with Gasteiger partial charge in [-0.1, -0.05) is 12.1 Å². The molecule has 3 rings (SSSR count). The fourth-order valence-electron chi connectivity index (χ4n) is 2.55. The molecule has 2 aromatic carbocycles. The number of H-pyrrole nitrogens is 2. The predicted octanol–water partition coefficient (Wildman–Crippen LogP) is 3.39. The Morgan fingerprint density at radius 1 is 0.905 bits per heavy atom. The number of benzene rings is 2. The maximum Gasteiger partial charge on any atom is 0.323 e. The van der Waals surface area contributed by atoms with Crippen LogP contribution in [0.2, 0.25) is 0 Å². The second-order valence-corrected chi connectivity index (χ2v) is 5.56. The quantitative estimate of drug-likeness (QED) is 0.689. The zero-order valence-corrected chi connectivity index (χ0v) is 12.5. The van der Waals surface area contributed by atoms with E-state index < -0.39 is 0 Å². The molecule has 1 heterocycles. The number of hydrogen-bond donors (Lipinski definition) is 3. The van der Waals surface area contributed by atoms with Crippen LogP contribution < -0.4 is 11.0 Å². The van der Waals surface area contributed by atoms with Crippen LogP contribution >= 0.6 is 0 Å². The summed E-state index contributed by atoms with van der Waals surface area (Å²) >= 11 is 0. The molecule has 4 heteroatoms. The number of rotatable bonds is 3. The second-order valence-electron chi connectivity index (χ2n) is 5.56. The van der Waals surface area contributed by atoms with Gasteiger partial charge in [0.2, 0.25) is 0 Å². The van der Waals surface area contributed by atoms with Crippen LogP contribution in [0.3, 0.4) is 0 Å². The van der Waals surface area contributed by atoms with E-state index in [9.17, 15) is 4.79 Å². The largest absolute Gasteiger partial charge is 0.381 e. The third-order valence-electron chi connectivity index (χ3n) is 3.95. The molecule has 21 heavy (non-hydrogen) atoms. The summed E-state index contributed by atoms with van der Waals surface area (Å²) in [4.78, 5) is 16.8. The van der Waals surface area contributed by atoms with Gasteiger partial charge in [0.15, 0.2) is 0 Å². The minimum Gasteiger partial charge on any atom is -0.381 e. The molecule has 0 aliphatic heterocycles. The molecule has 4 nitrogen and oxygen atoms in total. The fraction of sp³-hybridized carbons (Fsp3) is 0.235. The van der Waals surface area contributed by atoms with Crippen molar-refractivity contribution < 1.29 is 0 Å². The van der Waals surface area contributed by atoms with Crippen LogP contribution in [0.1, 0.15) is 22.3 Å². The summed E-state index contributed by atoms with van der Waals surface area (Å²) in [5.74, 6) is 0. The SMILES string of the molecule is Cc1cc(C)c(CNc2ccc3[nH]c(=O)[nH]c3c2)cc1C. The lowest BCUT2D eigenvalue weighted by Crippen LogP contribution is -2.02. The number of nitrogens with one attached hydrogen (secondary N) is 3. The molecule has 1 aromatic heterocycles. The Morgan fingerprint density at radius 3 is 2.43 bits per heavy atom. The van der Waals surface area contributed by atoms with Crippen molar-refractivity contribution in [3.8, 4) is 0 Å². The number of aromatic amines is 2. The number of fused-ring (bicyclic) bond motifs is 1. The summed E-state index contributed by atoms with van der Waals surface area (Å²) in [5, 5.41) is 3.41. The Morgan fingerprint density at radius 2 is 1.62 bits per heavy atom. The molecule has 0 fully saturated rings. The van der Waals surface area contributed by atoms with E-state index in [0.717, 1.165) is 23.3 Å². The number of imidazole rings is 1. The summed E-state index contributed by atoms with van der Waals surface area (Å²) < 4.78 is 0. The Hall–Kier alpha value is -2.49. The topological polar surface area (TPSA) is 60.7 Å². The average molecular weight is 281 g/mol. The first-order chi connectivity index (χ1) is 10.0. The zero-order chi connectivity index (χ0) is 15.0. The molecule has 0 aliphatic rings. The first kappa shape index (κ1) is 13.5. The third kappa shape index (κ3) is 2.70. The Kier molecular flexibility index (Phi) is 3.29. The monoisotopic (exact) mass is 281 g/mol. The van der Waals surface area contributed by atoms with E-state index >= 15 is 0 Å². The molecular formula is C17H19N3O. The van der Waals surface area contributed by atoms with Gasteiger partial charge in [-0.15, -0.1) is 0 Å². The predicted molar refractivity (Wildman–Crippen MR) is 86.9 cm³/mol. The molecule has 3 N–H and O–H groups in total. The number of anilines is 1. The summed E-state index contributed by atoms with van der Waals surface area (Å²) in [6.45, 7) is 7.17. The van der Waals surface area contributed by atoms with E-state index in [1.807, 2.05) is 18.2 Å². The van der Waals surface area contributed by atoms with E-state index in [1.165, 1.54) is 22.3 Å². The summed E-state index contributed by atoms with van der Waals surface area (Å²) in [5.41, 5.74) is 7.69. The van der Waals surface area contributed by atoms with E-state index in [0.29, 0.717) is 0 Å². The molecule has 0 spiro atoms. The smallest absolute Gasteiger partial charge is 0.323 e. The first-order valence-corrected chi connectivity index (χ1v) is 7.05. The van der Waals surface area contributed by atoms with Gasteiger partial charge in [0.1, 0.15) is 0 Å². The number of aromatic nitrogens is 2. The molecule has 0 unspecified atom stereocenters. The summed E-state index contributed by atoms with van der Waals surface area (Å²) in [6.07, 6.45) is 0. The van der Waals surface area contributed by atoms with E-state index in [2.05, 4.69) is 48.2 Å². The van der Waals surface area contributed by atoms with Gasteiger partial charge in [-0.2, -0.15) is 0 Å². The number of hydrogen-bond acceptors (Lipinski definition) is 2. The van der Waals surface area contributed by atoms with Gasteiger partial charge in [0, 0.05) is 12.2 Å². The molecule has 0 saturated heterocycles. The molecule has 108 valence electrons. The van der Waals surface area contributed by atoms with Gasteiger partial charge in [-0.3, -0.25) is 0 Å². The van der Waals surface area contributed by atoms with Crippen molar-refractivity contribution in [2.75, 3.05) is 5.32 Å². The minimum atomic E-state index is -0.174. The van der Waals surface area contributed by atoms with Gasteiger partial charge in [0.05, 0.1) is 11.0 Å². The van der Waals surface area contributed by atoms with Crippen LogP contribution in [-0.2, 0) is 6.54 Å². The molecule has 0 atom stereocenters. The van der Waals surface area contributed by atoms with Crippen LogP contribution in [0.5, 0.6) is 0 Å². The zero-order valence-electron chi connectivity index (χ0n) is 12.5. The highest BCUT2D eigenvalue weighted by atomic mass is 16.1. The lowest BCUT2D eigenvalue weighted by Gasteiger charge is -2.12. The second kappa shape index (κ2) is 5.13. The van der Waals surface area contributed by atoms with Crippen molar-refractivity contribution in [1.29, 1.82) is 0 Å². The van der Waals surface area contributed by atoms with Crippen LogP contribution in [0, 0.1) is 20.8 Å². The molecule has 0 aliphatic carbocycles. The van der Waals surface area contributed by atoms with Gasteiger partial charge in [-0.05, 0) is 61.2 Å². The molecule has 0 bridgehead atoms. The molecule has 0 amide bonds. The van der Waals surface area contributed by atoms with Crippen molar-refractivity contribution in [2.24, 2.45) is 0 Å². The summed E-state index contributed by atoms with van der Waals surface area (Å²) in [7, 11) is 0. The summed E-state index contributed by atoms with van der Waals surface area (Å²) in [6, 6.07) is 10.3. The Bertz CT molecular complexity index is 858. The third-order valence-corrected chi connectivity index (χ3v) is 3.95. The molecule has 3 aromatic rings. The van der Waals surface area contributed by atoms with Crippen LogP contribution in [0.15, 0.2) is 35.1 Å². The van der Waals surface area contributed by atoms with Crippen molar-refractivity contribution in [2.45, 2.75) is 27.3 Å². The minimum absolute atomic E-state index is 0.174. The van der Waals surface area contributed by atoms with Crippen molar-refractivity contribution in [1.82, 2.24) is 9.97 Å². The van der Waals surface area contributed by atoms with E-state index in [1.54, 1.807) is 0 Å². The van der Waals surface area contributed by atoms with Gasteiger partial charge < -0.3 is 15.3 Å². The van der Waals surface area contributed by atoms with Crippen LogP contribution in [-0.4, -0.2) is 9.97 Å². The fourth-order valence-corrected chi connectivity index (χ4v) is 2.55. The van der Waals surface area contributed by atoms with Crippen molar-refractivity contribution >= 4 is 16.7 Å². The molecule has 0 saturated carbocycles. The molecular weight excluding hydrogens is 262 g/mol. The Labute approximate surface area is 123 Å². The maximum absolute atomic E-state index is 11.3. The highest BCUT2D eigenvalue weighted by molar-refractivity contribution is 5.78. The van der Waals surface area contributed by atoms with E-state index in [-0.39, 0.29) is 5.69 Å². The van der Waals surface area contributed by atoms with E-state index in [4.69, 9.17) is 0 Å². The average Bonchev–Trinajstić information content (AvgIpc) is 2.80. The highest BCUT2D eigenvalue weighted by Gasteiger charge is 2.03. The Balaban J connectivity index is 1.82. The number of aryl methyl sites for hydroxylation is 3. The maximum atomic E-state index is 11.3. The van der Waals surface area contributed by atoms with Crippen LogP contribution in [0.4, 0.5) is 5.69 Å². The van der Waals surface area contributed by atoms with Crippen LogP contribution in [0.25, 0.3) is 11.0 Å². The molecule has 0 radical (unpaired) electrons. The van der Waals surface area contributed by atoms with Gasteiger partial charge >= 0.3 is 5.69 Å². The van der Waals surface area contributed by atoms with Crippen molar-refractivity contribution in [3.05, 3.63) is 63.1 Å². The van der Waals surface area contributed by atoms with Crippen molar-refractivity contribution in [3.63, 3.8) is 0 Å². The van der Waals surface area contributed by atoms with Gasteiger partial charge in [-0.25, -0.2) is 4.79 Å². The standard InChI is InChI=1S/C17H19N3O/c1-10-6-12(3)13(7-11(10)2)9-18-14-4-5-15-16(8-14)20-17(21)19-15/h4-8,18H,9H2,1-3H3,(H2,19,20,21). The highest BCUT2D eigenvalue weighted by Crippen LogP contribution is 2.19. The van der Waals surface area contributed by atoms with Gasteiger partial charge in [0.25, 0.3) is 0 Å². The first-order valence-electron chi connectivity index (χ1n) is 7.05. The lowest BCUT2D eigenvalue weighted by atomic mass is 10.0. The normalized spacial score (nSPS) is 11.0. The lowest BCUT2D eigenvalue weighted by molar-refractivity contribution is 1.10.